The molecule has 0 spiro atoms. The van der Waals surface area contributed by atoms with Crippen molar-refractivity contribution in [3.63, 3.8) is 0 Å². The highest BCUT2D eigenvalue weighted by molar-refractivity contribution is 7.09. The molecule has 0 atom stereocenters. The molecule has 0 aromatic carbocycles. The first-order chi connectivity index (χ1) is 9.10. The van der Waals surface area contributed by atoms with Crippen LogP contribution in [-0.2, 0) is 13.0 Å². The second-order valence-corrected chi connectivity index (χ2v) is 5.04. The molecule has 2 aromatic heterocycles. The summed E-state index contributed by atoms with van der Waals surface area (Å²) in [6, 6.07) is 0. The molecular formula is C12H16N4O2S. The predicted molar refractivity (Wildman–Crippen MR) is 72.0 cm³/mol. The van der Waals surface area contributed by atoms with Gasteiger partial charge in [0.2, 0.25) is 5.89 Å². The first-order valence-corrected chi connectivity index (χ1v) is 6.83. The molecule has 0 saturated heterocycles. The van der Waals surface area contributed by atoms with Gasteiger partial charge in [0.05, 0.1) is 17.2 Å². The lowest BCUT2D eigenvalue weighted by atomic mass is 10.4. The number of amides is 1. The van der Waals surface area contributed by atoms with Gasteiger partial charge < -0.3 is 15.5 Å². The van der Waals surface area contributed by atoms with Crippen molar-refractivity contribution in [1.29, 1.82) is 0 Å². The summed E-state index contributed by atoms with van der Waals surface area (Å²) >= 11 is 1.44. The number of thiazole rings is 1. The molecular weight excluding hydrogens is 264 g/mol. The van der Waals surface area contributed by atoms with Crippen molar-refractivity contribution in [3.05, 3.63) is 33.4 Å². The molecule has 0 fully saturated rings. The quantitative estimate of drug-likeness (QED) is 0.857. The van der Waals surface area contributed by atoms with Crippen LogP contribution in [0.4, 0.5) is 0 Å². The Morgan fingerprint density at radius 2 is 2.26 bits per heavy atom. The number of aryl methyl sites for hydroxylation is 2. The summed E-state index contributed by atoms with van der Waals surface area (Å²) in [5, 5.41) is 5.33. The van der Waals surface area contributed by atoms with Gasteiger partial charge in [0.1, 0.15) is 11.5 Å². The van der Waals surface area contributed by atoms with E-state index in [0.29, 0.717) is 24.6 Å². The minimum absolute atomic E-state index is 0.229. The summed E-state index contributed by atoms with van der Waals surface area (Å²) in [7, 11) is 0. The van der Waals surface area contributed by atoms with Crippen molar-refractivity contribution in [3.8, 4) is 0 Å². The number of aromatic nitrogens is 2. The van der Waals surface area contributed by atoms with Crippen molar-refractivity contribution in [2.75, 3.05) is 6.54 Å². The molecule has 6 nitrogen and oxygen atoms in total. The van der Waals surface area contributed by atoms with E-state index in [0.717, 1.165) is 16.5 Å². The molecule has 0 bridgehead atoms. The number of hydrogen-bond acceptors (Lipinski definition) is 6. The van der Waals surface area contributed by atoms with Gasteiger partial charge in [-0.25, -0.2) is 9.97 Å². The van der Waals surface area contributed by atoms with Crippen LogP contribution in [0.3, 0.4) is 0 Å². The molecule has 7 heteroatoms. The van der Waals surface area contributed by atoms with Gasteiger partial charge in [0.15, 0.2) is 0 Å². The Bertz CT molecular complexity index is 557. The Hall–Kier alpha value is -1.73. The van der Waals surface area contributed by atoms with Gasteiger partial charge in [-0.3, -0.25) is 4.79 Å². The predicted octanol–water partition coefficient (Wildman–Crippen LogP) is 1.18. The molecule has 0 unspecified atom stereocenters. The largest absolute Gasteiger partial charge is 0.444 e. The summed E-state index contributed by atoms with van der Waals surface area (Å²) in [6.45, 7) is 4.50. The maximum Gasteiger partial charge on any atom is 0.271 e. The van der Waals surface area contributed by atoms with Crippen LogP contribution in [0.2, 0.25) is 0 Å². The Kier molecular flexibility index (Phi) is 4.28. The average Bonchev–Trinajstić information content (AvgIpc) is 2.95. The second kappa shape index (κ2) is 5.94. The van der Waals surface area contributed by atoms with E-state index in [2.05, 4.69) is 15.3 Å². The van der Waals surface area contributed by atoms with E-state index in [1.54, 1.807) is 5.38 Å². The van der Waals surface area contributed by atoms with Crippen molar-refractivity contribution >= 4 is 17.2 Å². The summed E-state index contributed by atoms with van der Waals surface area (Å²) in [5.74, 6) is 1.04. The van der Waals surface area contributed by atoms with Gasteiger partial charge in [0, 0.05) is 11.8 Å². The van der Waals surface area contributed by atoms with Crippen LogP contribution in [-0.4, -0.2) is 22.4 Å². The van der Waals surface area contributed by atoms with Crippen LogP contribution in [0.1, 0.15) is 32.8 Å². The number of oxazole rings is 1. The maximum atomic E-state index is 11.9. The van der Waals surface area contributed by atoms with E-state index in [9.17, 15) is 4.79 Å². The molecule has 2 rings (SSSR count). The van der Waals surface area contributed by atoms with Crippen LogP contribution in [0, 0.1) is 13.8 Å². The first kappa shape index (κ1) is 13.7. The standard InChI is InChI=1S/C12H16N4O2S/c1-7-8(2)18-10(15-7)5-14-12(17)9-6-19-11(16-9)3-4-13/h6H,3-5,13H2,1-2H3,(H,14,17). The fourth-order valence-corrected chi connectivity index (χ4v) is 2.31. The summed E-state index contributed by atoms with van der Waals surface area (Å²) in [6.07, 6.45) is 0.691. The summed E-state index contributed by atoms with van der Waals surface area (Å²) in [4.78, 5) is 20.3. The Morgan fingerprint density at radius 1 is 1.47 bits per heavy atom. The van der Waals surface area contributed by atoms with Gasteiger partial charge in [-0.1, -0.05) is 0 Å². The lowest BCUT2D eigenvalue weighted by Gasteiger charge is -1.99. The third-order valence-corrected chi connectivity index (χ3v) is 3.52. The van der Waals surface area contributed by atoms with E-state index in [-0.39, 0.29) is 12.5 Å². The highest BCUT2D eigenvalue weighted by Gasteiger charge is 2.12. The van der Waals surface area contributed by atoms with Gasteiger partial charge in [0.25, 0.3) is 5.91 Å². The lowest BCUT2D eigenvalue weighted by molar-refractivity contribution is 0.0942. The lowest BCUT2D eigenvalue weighted by Crippen LogP contribution is -2.23. The molecule has 1 amide bonds. The monoisotopic (exact) mass is 280 g/mol. The average molecular weight is 280 g/mol. The number of rotatable bonds is 5. The van der Waals surface area contributed by atoms with Gasteiger partial charge in [-0.2, -0.15) is 0 Å². The van der Waals surface area contributed by atoms with Crippen LogP contribution in [0.5, 0.6) is 0 Å². The van der Waals surface area contributed by atoms with Crippen LogP contribution in [0.15, 0.2) is 9.80 Å². The van der Waals surface area contributed by atoms with E-state index < -0.39 is 0 Å². The third-order valence-electron chi connectivity index (χ3n) is 2.62. The maximum absolute atomic E-state index is 11.9. The molecule has 19 heavy (non-hydrogen) atoms. The minimum atomic E-state index is -0.229. The van der Waals surface area contributed by atoms with Crippen LogP contribution >= 0.6 is 11.3 Å². The summed E-state index contributed by atoms with van der Waals surface area (Å²) in [5.41, 5.74) is 6.69. The highest BCUT2D eigenvalue weighted by Crippen LogP contribution is 2.11. The van der Waals surface area contributed by atoms with Gasteiger partial charge in [-0.15, -0.1) is 11.3 Å². The van der Waals surface area contributed by atoms with Crippen molar-refractivity contribution in [2.45, 2.75) is 26.8 Å². The highest BCUT2D eigenvalue weighted by atomic mass is 32.1. The number of carbonyl (C=O) groups excluding carboxylic acids is 1. The molecule has 2 heterocycles. The minimum Gasteiger partial charge on any atom is -0.444 e. The smallest absolute Gasteiger partial charge is 0.271 e. The molecule has 102 valence electrons. The molecule has 0 aliphatic rings. The number of nitrogens with zero attached hydrogens (tertiary/aromatic N) is 2. The Balaban J connectivity index is 1.93. The van der Waals surface area contributed by atoms with Crippen molar-refractivity contribution in [1.82, 2.24) is 15.3 Å². The first-order valence-electron chi connectivity index (χ1n) is 5.95. The van der Waals surface area contributed by atoms with Crippen molar-refractivity contribution < 1.29 is 9.21 Å². The molecule has 0 radical (unpaired) electrons. The fraction of sp³-hybridized carbons (Fsp3) is 0.417. The zero-order valence-corrected chi connectivity index (χ0v) is 11.7. The van der Waals surface area contributed by atoms with E-state index >= 15 is 0 Å². The Morgan fingerprint density at radius 3 is 2.89 bits per heavy atom. The van der Waals surface area contributed by atoms with Gasteiger partial charge >= 0.3 is 0 Å². The zero-order valence-electron chi connectivity index (χ0n) is 10.9. The van der Waals surface area contributed by atoms with Gasteiger partial charge in [-0.05, 0) is 20.4 Å². The molecule has 0 aliphatic heterocycles. The van der Waals surface area contributed by atoms with E-state index in [1.807, 2.05) is 13.8 Å². The number of nitrogens with two attached hydrogens (primary N) is 1. The van der Waals surface area contributed by atoms with Crippen LogP contribution in [0.25, 0.3) is 0 Å². The second-order valence-electron chi connectivity index (χ2n) is 4.10. The number of hydrogen-bond donors (Lipinski definition) is 2. The molecule has 0 aliphatic carbocycles. The summed E-state index contributed by atoms with van der Waals surface area (Å²) < 4.78 is 5.38. The SMILES string of the molecule is Cc1nc(CNC(=O)c2csc(CCN)n2)oc1C. The molecule has 3 N–H and O–H groups in total. The third kappa shape index (κ3) is 3.39. The van der Waals surface area contributed by atoms with E-state index in [1.165, 1.54) is 11.3 Å². The fourth-order valence-electron chi connectivity index (χ4n) is 1.51. The van der Waals surface area contributed by atoms with Crippen molar-refractivity contribution in [2.24, 2.45) is 5.73 Å². The number of carbonyl (C=O) groups is 1. The zero-order chi connectivity index (χ0) is 13.8. The Labute approximate surface area is 115 Å². The van der Waals surface area contributed by atoms with Crippen LogP contribution < -0.4 is 11.1 Å². The normalized spacial score (nSPS) is 10.7. The molecule has 0 saturated carbocycles. The number of nitrogens with one attached hydrogen (secondary N) is 1. The van der Waals surface area contributed by atoms with E-state index in [4.69, 9.17) is 10.2 Å². The topological polar surface area (TPSA) is 94.0 Å². The molecule has 2 aromatic rings.